The Morgan fingerprint density at radius 2 is 1.55 bits per heavy atom. The van der Waals surface area contributed by atoms with Crippen LogP contribution >= 0.6 is 0 Å². The van der Waals surface area contributed by atoms with Gasteiger partial charge in [-0.05, 0) is 43.7 Å². The van der Waals surface area contributed by atoms with Crippen molar-refractivity contribution in [1.82, 2.24) is 0 Å². The van der Waals surface area contributed by atoms with Gasteiger partial charge < -0.3 is 20.6 Å². The molecule has 2 rings (SSSR count). The fourth-order valence-corrected chi connectivity index (χ4v) is 2.07. The van der Waals surface area contributed by atoms with E-state index in [-0.39, 0.29) is 18.1 Å². The van der Waals surface area contributed by atoms with E-state index in [2.05, 4.69) is 5.32 Å². The van der Waals surface area contributed by atoms with Crippen LogP contribution in [0.1, 0.15) is 18.1 Å². The number of aliphatic hydroxyl groups excluding tert-OH is 1. The van der Waals surface area contributed by atoms with E-state index in [1.807, 2.05) is 31.2 Å². The van der Waals surface area contributed by atoms with Gasteiger partial charge in [-0.2, -0.15) is 0 Å². The number of phenolic OH excluding ortho intramolecular Hbond substituents is 2. The largest absolute Gasteiger partial charge is 0.508 e. The minimum absolute atomic E-state index is 0.0367. The number of rotatable bonds is 4. The number of aryl methyl sites for hydroxylation is 1. The van der Waals surface area contributed by atoms with E-state index in [4.69, 9.17) is 0 Å². The number of aliphatic hydroxyl groups is 1. The second-order valence-corrected chi connectivity index (χ2v) is 5.22. The molecule has 106 valence electrons. The van der Waals surface area contributed by atoms with Crippen LogP contribution in [0, 0.1) is 6.92 Å². The van der Waals surface area contributed by atoms with Crippen molar-refractivity contribution >= 4 is 5.69 Å². The lowest BCUT2D eigenvalue weighted by molar-refractivity contribution is 0.223. The normalized spacial score (nSPS) is 13.8. The van der Waals surface area contributed by atoms with Gasteiger partial charge in [0, 0.05) is 11.8 Å². The molecule has 4 heteroatoms. The van der Waals surface area contributed by atoms with Gasteiger partial charge in [0.15, 0.2) is 0 Å². The monoisotopic (exact) mass is 273 g/mol. The molecular weight excluding hydrogens is 254 g/mol. The third-order valence-electron chi connectivity index (χ3n) is 3.33. The Labute approximate surface area is 118 Å². The van der Waals surface area contributed by atoms with Crippen LogP contribution in [0.2, 0.25) is 0 Å². The highest BCUT2D eigenvalue weighted by Crippen LogP contribution is 2.31. The van der Waals surface area contributed by atoms with Crippen molar-refractivity contribution in [2.75, 3.05) is 11.9 Å². The first kappa shape index (κ1) is 14.2. The molecule has 2 aromatic carbocycles. The van der Waals surface area contributed by atoms with E-state index in [1.54, 1.807) is 6.92 Å². The third-order valence-corrected chi connectivity index (χ3v) is 3.33. The van der Waals surface area contributed by atoms with Gasteiger partial charge >= 0.3 is 0 Å². The molecule has 0 bridgehead atoms. The molecule has 1 unspecified atom stereocenters. The summed E-state index contributed by atoms with van der Waals surface area (Å²) in [5.41, 5.74) is 1.81. The molecule has 0 radical (unpaired) electrons. The van der Waals surface area contributed by atoms with Crippen LogP contribution < -0.4 is 5.32 Å². The van der Waals surface area contributed by atoms with Crippen molar-refractivity contribution in [3.63, 3.8) is 0 Å². The highest BCUT2D eigenvalue weighted by atomic mass is 16.3. The Balaban J connectivity index is 2.35. The van der Waals surface area contributed by atoms with Gasteiger partial charge in [-0.3, -0.25) is 0 Å². The van der Waals surface area contributed by atoms with Crippen LogP contribution in [0.3, 0.4) is 0 Å². The maximum Gasteiger partial charge on any atom is 0.119 e. The van der Waals surface area contributed by atoms with Crippen molar-refractivity contribution < 1.29 is 15.3 Å². The molecule has 1 atom stereocenters. The maximum atomic E-state index is 9.71. The second kappa shape index (κ2) is 5.43. The van der Waals surface area contributed by atoms with E-state index in [0.717, 1.165) is 11.3 Å². The Morgan fingerprint density at radius 3 is 2.05 bits per heavy atom. The van der Waals surface area contributed by atoms with Crippen LogP contribution in [0.5, 0.6) is 11.5 Å². The van der Waals surface area contributed by atoms with E-state index in [0.29, 0.717) is 5.56 Å². The zero-order valence-electron chi connectivity index (χ0n) is 11.6. The molecule has 0 saturated heterocycles. The van der Waals surface area contributed by atoms with Crippen LogP contribution in [0.4, 0.5) is 5.69 Å². The molecule has 0 spiro atoms. The van der Waals surface area contributed by atoms with Crippen molar-refractivity contribution in [2.24, 2.45) is 0 Å². The summed E-state index contributed by atoms with van der Waals surface area (Å²) in [5.74, 6) is -0.0734. The van der Waals surface area contributed by atoms with Gasteiger partial charge in [-0.1, -0.05) is 17.7 Å². The zero-order valence-corrected chi connectivity index (χ0v) is 11.6. The molecule has 0 aliphatic rings. The van der Waals surface area contributed by atoms with Gasteiger partial charge in [0.05, 0.1) is 12.1 Å². The van der Waals surface area contributed by atoms with Gasteiger partial charge in [-0.15, -0.1) is 0 Å². The van der Waals surface area contributed by atoms with E-state index in [9.17, 15) is 15.3 Å². The Kier molecular flexibility index (Phi) is 3.86. The molecule has 0 amide bonds. The lowest BCUT2D eigenvalue weighted by atomic mass is 9.92. The quantitative estimate of drug-likeness (QED) is 0.691. The summed E-state index contributed by atoms with van der Waals surface area (Å²) in [5, 5.41) is 32.1. The number of phenols is 2. The molecule has 0 heterocycles. The van der Waals surface area contributed by atoms with Crippen LogP contribution in [-0.2, 0) is 5.54 Å². The third kappa shape index (κ3) is 3.03. The summed E-state index contributed by atoms with van der Waals surface area (Å²) < 4.78 is 0. The summed E-state index contributed by atoms with van der Waals surface area (Å²) >= 11 is 0. The molecule has 20 heavy (non-hydrogen) atoms. The Hall–Kier alpha value is -2.20. The molecule has 0 saturated carbocycles. The summed E-state index contributed by atoms with van der Waals surface area (Å²) in [6, 6.07) is 12.1. The number of hydrogen-bond acceptors (Lipinski definition) is 4. The lowest BCUT2D eigenvalue weighted by Gasteiger charge is -2.31. The second-order valence-electron chi connectivity index (χ2n) is 5.22. The first-order valence-corrected chi connectivity index (χ1v) is 6.42. The minimum Gasteiger partial charge on any atom is -0.508 e. The van der Waals surface area contributed by atoms with Gasteiger partial charge in [0.25, 0.3) is 0 Å². The predicted octanol–water partition coefficient (Wildman–Crippen LogP) is 2.73. The van der Waals surface area contributed by atoms with Crippen LogP contribution in [-0.4, -0.2) is 21.9 Å². The number of hydrogen-bond donors (Lipinski definition) is 4. The van der Waals surface area contributed by atoms with Gasteiger partial charge in [0.1, 0.15) is 11.5 Å². The van der Waals surface area contributed by atoms with Crippen LogP contribution in [0.25, 0.3) is 0 Å². The van der Waals surface area contributed by atoms with E-state index in [1.165, 1.54) is 18.2 Å². The number of anilines is 1. The SMILES string of the molecule is Cc1ccc(NC(C)(CO)c2cc(O)cc(O)c2)cc1. The molecule has 2 aromatic rings. The zero-order chi connectivity index (χ0) is 14.8. The minimum atomic E-state index is -0.800. The topological polar surface area (TPSA) is 72.7 Å². The summed E-state index contributed by atoms with van der Waals surface area (Å²) in [7, 11) is 0. The summed E-state index contributed by atoms with van der Waals surface area (Å²) in [6.07, 6.45) is 0. The fourth-order valence-electron chi connectivity index (χ4n) is 2.07. The lowest BCUT2D eigenvalue weighted by Crippen LogP contribution is -2.35. The molecular formula is C16H19NO3. The van der Waals surface area contributed by atoms with Crippen molar-refractivity contribution in [1.29, 1.82) is 0 Å². The number of nitrogens with one attached hydrogen (secondary N) is 1. The molecule has 0 aliphatic carbocycles. The smallest absolute Gasteiger partial charge is 0.119 e. The number of benzene rings is 2. The predicted molar refractivity (Wildman–Crippen MR) is 79.0 cm³/mol. The number of aromatic hydroxyl groups is 2. The average molecular weight is 273 g/mol. The first-order chi connectivity index (χ1) is 9.43. The van der Waals surface area contributed by atoms with Gasteiger partial charge in [0.2, 0.25) is 0 Å². The van der Waals surface area contributed by atoms with Crippen molar-refractivity contribution in [3.05, 3.63) is 53.6 Å². The Bertz CT molecular complexity index is 575. The average Bonchev–Trinajstić information content (AvgIpc) is 2.40. The van der Waals surface area contributed by atoms with Crippen molar-refractivity contribution in [2.45, 2.75) is 19.4 Å². The molecule has 4 nitrogen and oxygen atoms in total. The van der Waals surface area contributed by atoms with Crippen LogP contribution in [0.15, 0.2) is 42.5 Å². The standard InChI is InChI=1S/C16H19NO3/c1-11-3-5-13(6-4-11)17-16(2,10-18)12-7-14(19)9-15(20)8-12/h3-9,17-20H,10H2,1-2H3. The highest BCUT2D eigenvalue weighted by Gasteiger charge is 2.26. The molecule has 0 aromatic heterocycles. The van der Waals surface area contributed by atoms with Gasteiger partial charge in [-0.25, -0.2) is 0 Å². The fraction of sp³-hybridized carbons (Fsp3) is 0.250. The highest BCUT2D eigenvalue weighted by molar-refractivity contribution is 5.50. The summed E-state index contributed by atoms with van der Waals surface area (Å²) in [6.45, 7) is 3.63. The van der Waals surface area contributed by atoms with E-state index >= 15 is 0 Å². The maximum absolute atomic E-state index is 9.71. The molecule has 0 aliphatic heterocycles. The first-order valence-electron chi connectivity index (χ1n) is 6.42. The van der Waals surface area contributed by atoms with E-state index < -0.39 is 5.54 Å². The molecule has 0 fully saturated rings. The summed E-state index contributed by atoms with van der Waals surface area (Å²) in [4.78, 5) is 0. The van der Waals surface area contributed by atoms with Crippen molar-refractivity contribution in [3.8, 4) is 11.5 Å². The molecule has 4 N–H and O–H groups in total. The Morgan fingerprint density at radius 1 is 1.00 bits per heavy atom.